The molecule has 290 valence electrons. The predicted molar refractivity (Wildman–Crippen MR) is 254 cm³/mol. The molecule has 62 heavy (non-hydrogen) atoms. The summed E-state index contributed by atoms with van der Waals surface area (Å²) in [6.07, 6.45) is 0. The van der Waals surface area contributed by atoms with Gasteiger partial charge in [-0.15, -0.1) is 0 Å². The molecule has 0 unspecified atom stereocenters. The van der Waals surface area contributed by atoms with E-state index in [1.54, 1.807) is 0 Å². The Balaban J connectivity index is 1.10. The standard InChI is InChI=1S/C57H36N4O/c1-4-15-37(16-5-1)40-27-31-42(32-28-40)55-58-56(43-33-29-41(30-34-43)38-17-6-2-7-18-38)60-57(59-55)48-35-44(39-19-8-3-9-20-39)36-52-53(48)47-23-14-26-51(54(47)62-52)61-49-24-12-10-21-45(49)46-22-11-13-25-50(46)61/h1-36H. The molecule has 0 atom stereocenters. The highest BCUT2D eigenvalue weighted by molar-refractivity contribution is 6.16. The van der Waals surface area contributed by atoms with Crippen LogP contribution in [-0.4, -0.2) is 19.5 Å². The summed E-state index contributed by atoms with van der Waals surface area (Å²) >= 11 is 0. The number of nitrogens with zero attached hydrogens (tertiary/aromatic N) is 4. The number of benzene rings is 9. The van der Waals surface area contributed by atoms with Crippen molar-refractivity contribution in [3.8, 4) is 73.2 Å². The average Bonchev–Trinajstić information content (AvgIpc) is 3.91. The molecule has 5 heteroatoms. The second-order valence-electron chi connectivity index (χ2n) is 15.6. The monoisotopic (exact) mass is 792 g/mol. The molecule has 0 spiro atoms. The highest BCUT2D eigenvalue weighted by Crippen LogP contribution is 2.43. The van der Waals surface area contributed by atoms with Gasteiger partial charge in [-0.2, -0.15) is 0 Å². The van der Waals surface area contributed by atoms with Gasteiger partial charge in [0, 0.05) is 38.2 Å². The first-order valence-corrected chi connectivity index (χ1v) is 20.8. The lowest BCUT2D eigenvalue weighted by molar-refractivity contribution is 0.666. The average molecular weight is 793 g/mol. The maximum Gasteiger partial charge on any atom is 0.164 e. The molecule has 0 bridgehead atoms. The summed E-state index contributed by atoms with van der Waals surface area (Å²) in [5.41, 5.74) is 14.1. The molecule has 0 radical (unpaired) electrons. The number of aromatic nitrogens is 4. The quantitative estimate of drug-likeness (QED) is 0.161. The molecular formula is C57H36N4O. The van der Waals surface area contributed by atoms with Crippen LogP contribution in [0.15, 0.2) is 223 Å². The fourth-order valence-corrected chi connectivity index (χ4v) is 8.88. The van der Waals surface area contributed by atoms with E-state index in [2.05, 4.69) is 205 Å². The molecule has 0 saturated heterocycles. The first kappa shape index (κ1) is 35.5. The zero-order valence-electron chi connectivity index (χ0n) is 33.5. The van der Waals surface area contributed by atoms with Crippen molar-refractivity contribution >= 4 is 43.7 Å². The van der Waals surface area contributed by atoms with E-state index < -0.39 is 0 Å². The van der Waals surface area contributed by atoms with Crippen LogP contribution in [0.25, 0.3) is 117 Å². The highest BCUT2D eigenvalue weighted by Gasteiger charge is 2.23. The largest absolute Gasteiger partial charge is 0.454 e. The number of furan rings is 1. The molecule has 9 aromatic carbocycles. The predicted octanol–water partition coefficient (Wildman–Crippen LogP) is 14.9. The molecule has 0 aliphatic heterocycles. The van der Waals surface area contributed by atoms with E-state index in [9.17, 15) is 0 Å². The molecule has 0 amide bonds. The van der Waals surface area contributed by atoms with Crippen molar-refractivity contribution in [2.24, 2.45) is 0 Å². The first-order chi connectivity index (χ1) is 30.7. The minimum atomic E-state index is 0.567. The fourth-order valence-electron chi connectivity index (χ4n) is 8.88. The normalized spacial score (nSPS) is 11.5. The van der Waals surface area contributed by atoms with Crippen LogP contribution >= 0.6 is 0 Å². The minimum Gasteiger partial charge on any atom is -0.454 e. The summed E-state index contributed by atoms with van der Waals surface area (Å²) in [4.78, 5) is 15.8. The van der Waals surface area contributed by atoms with Crippen molar-refractivity contribution in [1.29, 1.82) is 0 Å². The maximum absolute atomic E-state index is 7.08. The van der Waals surface area contributed by atoms with E-state index in [4.69, 9.17) is 19.4 Å². The third kappa shape index (κ3) is 6.06. The van der Waals surface area contributed by atoms with Gasteiger partial charge < -0.3 is 8.98 Å². The van der Waals surface area contributed by atoms with Gasteiger partial charge in [0.1, 0.15) is 5.58 Å². The van der Waals surface area contributed by atoms with Crippen molar-refractivity contribution in [1.82, 2.24) is 19.5 Å². The number of para-hydroxylation sites is 3. The van der Waals surface area contributed by atoms with Gasteiger partial charge in [-0.3, -0.25) is 0 Å². The topological polar surface area (TPSA) is 56.7 Å². The zero-order chi connectivity index (χ0) is 41.0. The number of hydrogen-bond acceptors (Lipinski definition) is 4. The summed E-state index contributed by atoms with van der Waals surface area (Å²) in [5.74, 6) is 1.75. The summed E-state index contributed by atoms with van der Waals surface area (Å²) in [6, 6.07) is 76.1. The van der Waals surface area contributed by atoms with Crippen molar-refractivity contribution in [2.45, 2.75) is 0 Å². The van der Waals surface area contributed by atoms with E-state index in [1.807, 2.05) is 18.2 Å². The SMILES string of the molecule is c1ccc(-c2ccc(-c3nc(-c4ccc(-c5ccccc5)cc4)nc(-c4cc(-c5ccccc5)cc5oc6c(-n7c8ccccc8c8ccccc87)cccc6c45)n3)cc2)cc1. The third-order valence-corrected chi connectivity index (χ3v) is 11.9. The van der Waals surface area contributed by atoms with Crippen molar-refractivity contribution in [3.63, 3.8) is 0 Å². The Labute approximate surface area is 357 Å². The van der Waals surface area contributed by atoms with Crippen LogP contribution in [0.4, 0.5) is 0 Å². The Morgan fingerprint density at radius 2 is 0.742 bits per heavy atom. The van der Waals surface area contributed by atoms with Crippen LogP contribution in [0.3, 0.4) is 0 Å². The van der Waals surface area contributed by atoms with E-state index in [-0.39, 0.29) is 0 Å². The number of rotatable bonds is 7. The van der Waals surface area contributed by atoms with Gasteiger partial charge >= 0.3 is 0 Å². The van der Waals surface area contributed by atoms with E-state index in [0.717, 1.165) is 88.7 Å². The van der Waals surface area contributed by atoms with Crippen LogP contribution in [0.2, 0.25) is 0 Å². The zero-order valence-corrected chi connectivity index (χ0v) is 33.5. The van der Waals surface area contributed by atoms with E-state index in [0.29, 0.717) is 17.5 Å². The lowest BCUT2D eigenvalue weighted by Gasteiger charge is -2.12. The molecule has 0 N–H and O–H groups in total. The lowest BCUT2D eigenvalue weighted by atomic mass is 9.98. The van der Waals surface area contributed by atoms with Gasteiger partial charge in [-0.25, -0.2) is 15.0 Å². The highest BCUT2D eigenvalue weighted by atomic mass is 16.3. The molecule has 0 aliphatic rings. The third-order valence-electron chi connectivity index (χ3n) is 11.9. The minimum absolute atomic E-state index is 0.567. The number of hydrogen-bond donors (Lipinski definition) is 0. The Morgan fingerprint density at radius 3 is 1.27 bits per heavy atom. The van der Waals surface area contributed by atoms with Gasteiger partial charge in [0.15, 0.2) is 23.1 Å². The Morgan fingerprint density at radius 1 is 0.323 bits per heavy atom. The van der Waals surface area contributed by atoms with Crippen LogP contribution < -0.4 is 0 Å². The second-order valence-corrected chi connectivity index (χ2v) is 15.6. The molecule has 3 heterocycles. The fraction of sp³-hybridized carbons (Fsp3) is 0. The van der Waals surface area contributed by atoms with Crippen LogP contribution in [-0.2, 0) is 0 Å². The molecule has 0 fully saturated rings. The Hall–Kier alpha value is -8.41. The van der Waals surface area contributed by atoms with Crippen LogP contribution in [0.1, 0.15) is 0 Å². The maximum atomic E-state index is 7.08. The van der Waals surface area contributed by atoms with Crippen molar-refractivity contribution in [3.05, 3.63) is 218 Å². The summed E-state index contributed by atoms with van der Waals surface area (Å²) in [5, 5.41) is 4.32. The van der Waals surface area contributed by atoms with Crippen molar-refractivity contribution in [2.75, 3.05) is 0 Å². The summed E-state index contributed by atoms with van der Waals surface area (Å²) in [7, 11) is 0. The lowest BCUT2D eigenvalue weighted by Crippen LogP contribution is -2.01. The van der Waals surface area contributed by atoms with Crippen LogP contribution in [0.5, 0.6) is 0 Å². The Kier molecular flexibility index (Phi) is 8.42. The van der Waals surface area contributed by atoms with Crippen molar-refractivity contribution < 1.29 is 4.42 Å². The molecular weight excluding hydrogens is 757 g/mol. The molecule has 3 aromatic heterocycles. The van der Waals surface area contributed by atoms with E-state index in [1.165, 1.54) is 10.8 Å². The summed E-state index contributed by atoms with van der Waals surface area (Å²) < 4.78 is 9.40. The summed E-state index contributed by atoms with van der Waals surface area (Å²) in [6.45, 7) is 0. The molecule has 12 aromatic rings. The molecule has 12 rings (SSSR count). The smallest absolute Gasteiger partial charge is 0.164 e. The molecule has 0 aliphatic carbocycles. The number of fused-ring (bicyclic) bond motifs is 6. The Bertz CT molecular complexity index is 3440. The van der Waals surface area contributed by atoms with Crippen LogP contribution in [0, 0.1) is 0 Å². The van der Waals surface area contributed by atoms with Gasteiger partial charge in [0.05, 0.1) is 16.7 Å². The van der Waals surface area contributed by atoms with Gasteiger partial charge in [-0.05, 0) is 63.7 Å². The first-order valence-electron chi connectivity index (χ1n) is 20.8. The van der Waals surface area contributed by atoms with Gasteiger partial charge in [0.2, 0.25) is 0 Å². The van der Waals surface area contributed by atoms with Gasteiger partial charge in [0.25, 0.3) is 0 Å². The van der Waals surface area contributed by atoms with Gasteiger partial charge in [-0.1, -0.05) is 188 Å². The second kappa shape index (κ2) is 14.7. The molecule has 0 saturated carbocycles. The van der Waals surface area contributed by atoms with E-state index >= 15 is 0 Å². The molecule has 5 nitrogen and oxygen atoms in total.